The molecule has 0 spiro atoms. The highest BCUT2D eigenvalue weighted by atomic mass is 127. The number of aliphatic hydroxyl groups is 2. The zero-order chi connectivity index (χ0) is 15.7. The first kappa shape index (κ1) is 15.9. The van der Waals surface area contributed by atoms with Crippen molar-refractivity contribution in [2.45, 2.75) is 74.9 Å². The second kappa shape index (κ2) is 5.19. The van der Waals surface area contributed by atoms with Crippen LogP contribution in [0.3, 0.4) is 0 Å². The van der Waals surface area contributed by atoms with Gasteiger partial charge in [0.2, 0.25) is 0 Å². The first-order chi connectivity index (χ1) is 10.4. The Balaban J connectivity index is 1.68. The molecule has 0 aromatic heterocycles. The Bertz CT molecular complexity index is 504. The van der Waals surface area contributed by atoms with Gasteiger partial charge >= 0.3 is 0 Å². The highest BCUT2D eigenvalue weighted by Gasteiger charge is 2.60. The van der Waals surface area contributed by atoms with Crippen LogP contribution < -0.4 is 0 Å². The van der Waals surface area contributed by atoms with Gasteiger partial charge in [-0.1, -0.05) is 48.1 Å². The highest BCUT2D eigenvalue weighted by molar-refractivity contribution is 14.1. The first-order valence-corrected chi connectivity index (χ1v) is 10.3. The minimum absolute atomic E-state index is 0.114. The van der Waals surface area contributed by atoms with Crippen molar-refractivity contribution in [2.75, 3.05) is 0 Å². The summed E-state index contributed by atoms with van der Waals surface area (Å²) in [6.45, 7) is 4.82. The largest absolute Gasteiger partial charge is 0.393 e. The molecule has 2 N–H and O–H groups in total. The lowest BCUT2D eigenvalue weighted by atomic mass is 9.48. The standard InChI is InChI=1S/C19H29IO2/c1-18-7-5-12(21)9-11(18)3-4-13-14(18)6-8-19(2)15(13)10-16(20)17(19)22/h3,12-17,21-22H,4-10H2,1-2H3/t12-,13-,14+,15+,16-,17+,18+,19+/m1/s1. The number of aliphatic hydroxyl groups excluding tert-OH is 2. The van der Waals surface area contributed by atoms with E-state index in [1.165, 1.54) is 25.7 Å². The van der Waals surface area contributed by atoms with Gasteiger partial charge in [-0.15, -0.1) is 0 Å². The molecule has 4 aliphatic carbocycles. The maximum absolute atomic E-state index is 10.7. The van der Waals surface area contributed by atoms with Crippen LogP contribution in [0.1, 0.15) is 58.8 Å². The zero-order valence-corrected chi connectivity index (χ0v) is 15.9. The third kappa shape index (κ3) is 2.03. The zero-order valence-electron chi connectivity index (χ0n) is 13.8. The Morgan fingerprint density at radius 2 is 1.91 bits per heavy atom. The van der Waals surface area contributed by atoms with Gasteiger partial charge in [0.05, 0.1) is 12.2 Å². The molecular weight excluding hydrogens is 387 g/mol. The van der Waals surface area contributed by atoms with E-state index < -0.39 is 0 Å². The van der Waals surface area contributed by atoms with Gasteiger partial charge in [-0.3, -0.25) is 0 Å². The SMILES string of the molecule is C[C@]12CC[C@H]3[C@@H](CC=C4C[C@H](O)CC[C@@]43C)[C@@H]1C[C@@H](I)[C@@H]2O. The normalized spacial score (nSPS) is 57.6. The maximum Gasteiger partial charge on any atom is 0.0714 e. The fourth-order valence-corrected chi connectivity index (χ4v) is 7.95. The van der Waals surface area contributed by atoms with Crippen molar-refractivity contribution < 1.29 is 10.2 Å². The Morgan fingerprint density at radius 1 is 1.14 bits per heavy atom. The van der Waals surface area contributed by atoms with Gasteiger partial charge in [-0.05, 0) is 73.5 Å². The van der Waals surface area contributed by atoms with Crippen LogP contribution >= 0.6 is 22.6 Å². The Labute approximate surface area is 147 Å². The van der Waals surface area contributed by atoms with Crippen molar-refractivity contribution in [3.8, 4) is 0 Å². The summed E-state index contributed by atoms with van der Waals surface area (Å²) in [6.07, 6.45) is 10.1. The van der Waals surface area contributed by atoms with Crippen molar-refractivity contribution in [3.63, 3.8) is 0 Å². The fraction of sp³-hybridized carbons (Fsp3) is 0.895. The van der Waals surface area contributed by atoms with Gasteiger partial charge in [0.15, 0.2) is 0 Å². The molecule has 22 heavy (non-hydrogen) atoms. The van der Waals surface area contributed by atoms with Crippen LogP contribution in [0.5, 0.6) is 0 Å². The number of hydrogen-bond donors (Lipinski definition) is 2. The van der Waals surface area contributed by atoms with E-state index in [2.05, 4.69) is 42.5 Å². The third-order valence-corrected chi connectivity index (χ3v) is 9.20. The third-order valence-electron chi connectivity index (χ3n) is 8.01. The lowest BCUT2D eigenvalue weighted by Gasteiger charge is -2.57. The molecular formula is C19H29IO2. The van der Waals surface area contributed by atoms with Crippen LogP contribution in [-0.4, -0.2) is 26.3 Å². The second-order valence-corrected chi connectivity index (χ2v) is 10.5. The molecule has 0 bridgehead atoms. The van der Waals surface area contributed by atoms with Crippen molar-refractivity contribution in [1.82, 2.24) is 0 Å². The molecule has 8 atom stereocenters. The summed E-state index contributed by atoms with van der Waals surface area (Å²) in [6, 6.07) is 0. The van der Waals surface area contributed by atoms with Crippen molar-refractivity contribution >= 4 is 22.6 Å². The van der Waals surface area contributed by atoms with Crippen LogP contribution in [0.4, 0.5) is 0 Å². The Kier molecular flexibility index (Phi) is 3.75. The van der Waals surface area contributed by atoms with Crippen LogP contribution in [0.2, 0.25) is 0 Å². The van der Waals surface area contributed by atoms with Gasteiger partial charge < -0.3 is 10.2 Å². The quantitative estimate of drug-likeness (QED) is 0.355. The topological polar surface area (TPSA) is 40.5 Å². The van der Waals surface area contributed by atoms with Crippen molar-refractivity contribution in [3.05, 3.63) is 11.6 Å². The number of halogens is 1. The molecule has 124 valence electrons. The predicted octanol–water partition coefficient (Wildman–Crippen LogP) is 4.08. The van der Waals surface area contributed by atoms with Crippen LogP contribution in [0.15, 0.2) is 11.6 Å². The smallest absolute Gasteiger partial charge is 0.0714 e. The molecule has 4 rings (SSSR count). The average molecular weight is 416 g/mol. The minimum Gasteiger partial charge on any atom is -0.393 e. The Hall–Kier alpha value is 0.390. The second-order valence-electron chi connectivity index (χ2n) is 8.90. The number of rotatable bonds is 0. The molecule has 0 radical (unpaired) electrons. The highest BCUT2D eigenvalue weighted by Crippen LogP contribution is 2.65. The summed E-state index contributed by atoms with van der Waals surface area (Å²) in [5.41, 5.74) is 2.00. The molecule has 2 nitrogen and oxygen atoms in total. The number of alkyl halides is 1. The molecule has 3 heteroatoms. The van der Waals surface area contributed by atoms with Gasteiger partial charge in [0.25, 0.3) is 0 Å². The van der Waals surface area contributed by atoms with E-state index in [0.29, 0.717) is 15.3 Å². The van der Waals surface area contributed by atoms with E-state index in [0.717, 1.165) is 31.1 Å². The molecule has 4 aliphatic rings. The summed E-state index contributed by atoms with van der Waals surface area (Å²) in [7, 11) is 0. The fourth-order valence-electron chi connectivity index (χ4n) is 6.59. The molecule has 3 fully saturated rings. The van der Waals surface area contributed by atoms with Crippen molar-refractivity contribution in [1.29, 1.82) is 0 Å². The summed E-state index contributed by atoms with van der Waals surface area (Å²) in [4.78, 5) is 0. The monoisotopic (exact) mass is 416 g/mol. The molecule has 0 aromatic rings. The molecule has 0 aromatic carbocycles. The number of allylic oxidation sites excluding steroid dienone is 1. The lowest BCUT2D eigenvalue weighted by molar-refractivity contribution is -0.0705. The maximum atomic E-state index is 10.7. The van der Waals surface area contributed by atoms with Gasteiger partial charge in [0, 0.05) is 3.92 Å². The Morgan fingerprint density at radius 3 is 2.68 bits per heavy atom. The average Bonchev–Trinajstić information content (AvgIpc) is 2.72. The molecule has 3 saturated carbocycles. The number of hydrogen-bond acceptors (Lipinski definition) is 2. The van der Waals surface area contributed by atoms with E-state index >= 15 is 0 Å². The van der Waals surface area contributed by atoms with Gasteiger partial charge in [-0.25, -0.2) is 0 Å². The van der Waals surface area contributed by atoms with Crippen LogP contribution in [0.25, 0.3) is 0 Å². The van der Waals surface area contributed by atoms with Crippen LogP contribution in [-0.2, 0) is 0 Å². The first-order valence-electron chi connectivity index (χ1n) is 9.06. The van der Waals surface area contributed by atoms with E-state index in [9.17, 15) is 10.2 Å². The molecule has 0 aliphatic heterocycles. The summed E-state index contributed by atoms with van der Waals surface area (Å²) < 4.78 is 0.428. The summed E-state index contributed by atoms with van der Waals surface area (Å²) in [5.74, 6) is 2.20. The van der Waals surface area contributed by atoms with E-state index in [-0.39, 0.29) is 17.6 Å². The molecule has 0 saturated heterocycles. The minimum atomic E-state index is -0.120. The van der Waals surface area contributed by atoms with Gasteiger partial charge in [-0.2, -0.15) is 0 Å². The van der Waals surface area contributed by atoms with Crippen molar-refractivity contribution in [2.24, 2.45) is 28.6 Å². The van der Waals surface area contributed by atoms with E-state index in [1.807, 2.05) is 0 Å². The van der Waals surface area contributed by atoms with E-state index in [4.69, 9.17) is 0 Å². The predicted molar refractivity (Wildman–Crippen MR) is 96.9 cm³/mol. The summed E-state index contributed by atoms with van der Waals surface area (Å²) >= 11 is 2.48. The lowest BCUT2D eigenvalue weighted by Crippen LogP contribution is -2.51. The molecule has 0 amide bonds. The van der Waals surface area contributed by atoms with Gasteiger partial charge in [0.1, 0.15) is 0 Å². The molecule has 0 unspecified atom stereocenters. The number of fused-ring (bicyclic) bond motifs is 5. The van der Waals surface area contributed by atoms with Crippen LogP contribution in [0, 0.1) is 28.6 Å². The van der Waals surface area contributed by atoms with E-state index in [1.54, 1.807) is 5.57 Å². The molecule has 0 heterocycles. The summed E-state index contributed by atoms with van der Waals surface area (Å²) in [5, 5.41) is 20.8.